The fourth-order valence-electron chi connectivity index (χ4n) is 3.01. The quantitative estimate of drug-likeness (QED) is 0.406. The normalized spacial score (nSPS) is 12.0. The van der Waals surface area contributed by atoms with Crippen molar-refractivity contribution in [2.45, 2.75) is 39.7 Å². The molecule has 0 amide bonds. The highest BCUT2D eigenvalue weighted by atomic mass is 32.1. The molecule has 160 valence electrons. The summed E-state index contributed by atoms with van der Waals surface area (Å²) >= 11 is 1.61. The van der Waals surface area contributed by atoms with Gasteiger partial charge in [-0.1, -0.05) is 18.2 Å². The molecule has 2 heterocycles. The van der Waals surface area contributed by atoms with Crippen molar-refractivity contribution in [3.8, 4) is 16.5 Å². The molecule has 0 fully saturated rings. The number of hydrogen-bond acceptors (Lipinski definition) is 7. The third-order valence-corrected chi connectivity index (χ3v) is 5.35. The molecule has 7 heteroatoms. The number of benzene rings is 1. The summed E-state index contributed by atoms with van der Waals surface area (Å²) in [5.74, 6) is 1.91. The van der Waals surface area contributed by atoms with E-state index in [1.807, 2.05) is 55.6 Å². The SMILES string of the molecule is CCOC(=O)[C@@H](Cc1ccc(OCCc2nc(-c3cccs3)oc2C)cc1)OCC. The number of aromatic nitrogens is 1. The molecule has 0 saturated carbocycles. The molecule has 0 radical (unpaired) electrons. The van der Waals surface area contributed by atoms with Crippen molar-refractivity contribution < 1.29 is 23.4 Å². The Hall–Kier alpha value is -2.64. The predicted molar refractivity (Wildman–Crippen MR) is 116 cm³/mol. The number of carbonyl (C=O) groups excluding carboxylic acids is 1. The van der Waals surface area contributed by atoms with E-state index in [0.717, 1.165) is 27.6 Å². The summed E-state index contributed by atoms with van der Waals surface area (Å²) in [6.45, 7) is 6.88. The van der Waals surface area contributed by atoms with E-state index in [2.05, 4.69) is 4.98 Å². The number of oxazole rings is 1. The van der Waals surface area contributed by atoms with Gasteiger partial charge in [0.1, 0.15) is 11.5 Å². The van der Waals surface area contributed by atoms with Crippen molar-refractivity contribution in [3.63, 3.8) is 0 Å². The zero-order chi connectivity index (χ0) is 21.3. The molecule has 0 N–H and O–H groups in total. The highest BCUT2D eigenvalue weighted by molar-refractivity contribution is 7.13. The first-order chi connectivity index (χ1) is 14.6. The predicted octanol–water partition coefficient (Wildman–Crippen LogP) is 4.84. The van der Waals surface area contributed by atoms with Crippen LogP contribution in [0.3, 0.4) is 0 Å². The lowest BCUT2D eigenvalue weighted by Gasteiger charge is -2.15. The Morgan fingerprint density at radius 3 is 2.63 bits per heavy atom. The van der Waals surface area contributed by atoms with Crippen LogP contribution < -0.4 is 4.74 Å². The zero-order valence-corrected chi connectivity index (χ0v) is 18.4. The average molecular weight is 430 g/mol. The Morgan fingerprint density at radius 1 is 1.17 bits per heavy atom. The third-order valence-electron chi connectivity index (χ3n) is 4.49. The molecular weight excluding hydrogens is 402 g/mol. The summed E-state index contributed by atoms with van der Waals surface area (Å²) in [4.78, 5) is 17.6. The van der Waals surface area contributed by atoms with Crippen molar-refractivity contribution in [2.24, 2.45) is 0 Å². The maximum atomic E-state index is 12.0. The van der Waals surface area contributed by atoms with Crippen molar-refractivity contribution >= 4 is 17.3 Å². The van der Waals surface area contributed by atoms with Crippen LogP contribution >= 0.6 is 11.3 Å². The molecule has 2 aromatic heterocycles. The molecule has 3 aromatic rings. The minimum Gasteiger partial charge on any atom is -0.493 e. The van der Waals surface area contributed by atoms with Gasteiger partial charge >= 0.3 is 5.97 Å². The fourth-order valence-corrected chi connectivity index (χ4v) is 3.66. The summed E-state index contributed by atoms with van der Waals surface area (Å²) < 4.78 is 22.2. The highest BCUT2D eigenvalue weighted by Crippen LogP contribution is 2.26. The summed E-state index contributed by atoms with van der Waals surface area (Å²) in [7, 11) is 0. The summed E-state index contributed by atoms with van der Waals surface area (Å²) in [5, 5.41) is 2.00. The summed E-state index contributed by atoms with van der Waals surface area (Å²) in [6, 6.07) is 11.7. The summed E-state index contributed by atoms with van der Waals surface area (Å²) in [6.07, 6.45) is 0.545. The zero-order valence-electron chi connectivity index (χ0n) is 17.6. The molecule has 0 unspecified atom stereocenters. The van der Waals surface area contributed by atoms with E-state index < -0.39 is 6.10 Å². The largest absolute Gasteiger partial charge is 0.493 e. The van der Waals surface area contributed by atoms with Crippen molar-refractivity contribution in [2.75, 3.05) is 19.8 Å². The highest BCUT2D eigenvalue weighted by Gasteiger charge is 2.20. The molecule has 0 aliphatic carbocycles. The third kappa shape index (κ3) is 5.93. The lowest BCUT2D eigenvalue weighted by atomic mass is 10.1. The van der Waals surface area contributed by atoms with Crippen molar-refractivity contribution in [3.05, 3.63) is 58.8 Å². The average Bonchev–Trinajstić information content (AvgIpc) is 3.39. The van der Waals surface area contributed by atoms with Gasteiger partial charge in [-0.2, -0.15) is 0 Å². The fraction of sp³-hybridized carbons (Fsp3) is 0.391. The molecule has 3 rings (SSSR count). The lowest BCUT2D eigenvalue weighted by molar-refractivity contribution is -0.156. The van der Waals surface area contributed by atoms with E-state index in [1.165, 1.54) is 0 Å². The lowest BCUT2D eigenvalue weighted by Crippen LogP contribution is -2.28. The second-order valence-corrected chi connectivity index (χ2v) is 7.59. The second kappa shape index (κ2) is 10.9. The van der Waals surface area contributed by atoms with Crippen LogP contribution in [0, 0.1) is 6.92 Å². The molecule has 0 spiro atoms. The topological polar surface area (TPSA) is 70.8 Å². The van der Waals surface area contributed by atoms with Gasteiger partial charge in [0.05, 0.1) is 23.8 Å². The molecule has 0 aliphatic heterocycles. The standard InChI is InChI=1S/C23H27NO5S/c1-4-26-20(23(25)27-5-2)15-17-8-10-18(11-9-17)28-13-12-19-16(3)29-22(24-19)21-7-6-14-30-21/h6-11,14,20H,4-5,12-13,15H2,1-3H3/t20-/m1/s1. The van der Waals surface area contributed by atoms with Crippen LogP contribution in [0.2, 0.25) is 0 Å². The monoisotopic (exact) mass is 429 g/mol. The van der Waals surface area contributed by atoms with E-state index in [4.69, 9.17) is 18.6 Å². The number of carbonyl (C=O) groups is 1. The number of aryl methyl sites for hydroxylation is 1. The van der Waals surface area contributed by atoms with Gasteiger partial charge in [-0.25, -0.2) is 9.78 Å². The van der Waals surface area contributed by atoms with E-state index in [-0.39, 0.29) is 5.97 Å². The molecule has 0 saturated heterocycles. The Bertz CT molecular complexity index is 918. The van der Waals surface area contributed by atoms with E-state index in [0.29, 0.717) is 38.6 Å². The van der Waals surface area contributed by atoms with Gasteiger partial charge in [-0.15, -0.1) is 11.3 Å². The first-order valence-electron chi connectivity index (χ1n) is 10.1. The molecule has 6 nitrogen and oxygen atoms in total. The first kappa shape index (κ1) is 22.1. The van der Waals surface area contributed by atoms with Crippen molar-refractivity contribution in [1.29, 1.82) is 0 Å². The van der Waals surface area contributed by atoms with Crippen molar-refractivity contribution in [1.82, 2.24) is 4.98 Å². The van der Waals surface area contributed by atoms with Gasteiger partial charge in [-0.3, -0.25) is 0 Å². The van der Waals surface area contributed by atoms with Gasteiger partial charge in [0, 0.05) is 19.4 Å². The van der Waals surface area contributed by atoms with Crippen LogP contribution in [0.15, 0.2) is 46.2 Å². The number of esters is 1. The minimum absolute atomic E-state index is 0.329. The van der Waals surface area contributed by atoms with Gasteiger partial charge in [0.25, 0.3) is 0 Å². The number of hydrogen-bond donors (Lipinski definition) is 0. The number of nitrogens with zero attached hydrogens (tertiary/aromatic N) is 1. The second-order valence-electron chi connectivity index (χ2n) is 6.64. The van der Waals surface area contributed by atoms with Crippen LogP contribution in [0.25, 0.3) is 10.8 Å². The van der Waals surface area contributed by atoms with Crippen LogP contribution in [0.1, 0.15) is 30.9 Å². The first-order valence-corrected chi connectivity index (χ1v) is 11.0. The Kier molecular flexibility index (Phi) is 8.04. The summed E-state index contributed by atoms with van der Waals surface area (Å²) in [5.41, 5.74) is 1.89. The maximum Gasteiger partial charge on any atom is 0.335 e. The molecule has 1 aromatic carbocycles. The minimum atomic E-state index is -0.589. The van der Waals surface area contributed by atoms with Gasteiger partial charge in [0.2, 0.25) is 5.89 Å². The Labute approximate surface area is 180 Å². The van der Waals surface area contributed by atoms with Gasteiger partial charge in [0.15, 0.2) is 6.10 Å². The van der Waals surface area contributed by atoms with Crippen LogP contribution in [0.4, 0.5) is 0 Å². The molecule has 0 bridgehead atoms. The van der Waals surface area contributed by atoms with Crippen LogP contribution in [-0.4, -0.2) is 36.9 Å². The van der Waals surface area contributed by atoms with E-state index in [9.17, 15) is 4.79 Å². The van der Waals surface area contributed by atoms with Gasteiger partial charge < -0.3 is 18.6 Å². The van der Waals surface area contributed by atoms with E-state index >= 15 is 0 Å². The number of ether oxygens (including phenoxy) is 3. The smallest absolute Gasteiger partial charge is 0.335 e. The number of rotatable bonds is 11. The van der Waals surface area contributed by atoms with Crippen LogP contribution in [-0.2, 0) is 27.1 Å². The van der Waals surface area contributed by atoms with E-state index in [1.54, 1.807) is 18.3 Å². The molecular formula is C23H27NO5S. The Balaban J connectivity index is 1.52. The molecule has 30 heavy (non-hydrogen) atoms. The maximum absolute atomic E-state index is 12.0. The van der Waals surface area contributed by atoms with Crippen LogP contribution in [0.5, 0.6) is 5.75 Å². The Morgan fingerprint density at radius 2 is 1.97 bits per heavy atom. The number of thiophene rings is 1. The van der Waals surface area contributed by atoms with Gasteiger partial charge in [-0.05, 0) is 49.9 Å². The molecule has 1 atom stereocenters. The molecule has 0 aliphatic rings.